The molecule has 2 fully saturated rings. The predicted octanol–water partition coefficient (Wildman–Crippen LogP) is 5.36. The molecule has 33 heavy (non-hydrogen) atoms. The molecule has 2 aromatic rings. The average Bonchev–Trinajstić information content (AvgIpc) is 3.17. The van der Waals surface area contributed by atoms with E-state index in [1.165, 1.54) is 6.92 Å². The van der Waals surface area contributed by atoms with Gasteiger partial charge in [-0.05, 0) is 56.4 Å². The van der Waals surface area contributed by atoms with Crippen molar-refractivity contribution in [3.63, 3.8) is 0 Å². The van der Waals surface area contributed by atoms with Gasteiger partial charge in [0, 0.05) is 32.0 Å². The Morgan fingerprint density at radius 1 is 1.15 bits per heavy atom. The molecule has 8 heteroatoms. The van der Waals surface area contributed by atoms with Gasteiger partial charge < -0.3 is 19.9 Å². The monoisotopic (exact) mass is 492 g/mol. The fraction of sp³-hybridized carbons (Fsp3) is 0.480. The van der Waals surface area contributed by atoms with Crippen LogP contribution in [0.4, 0.5) is 5.69 Å². The average molecular weight is 493 g/mol. The zero-order chi connectivity index (χ0) is 23.4. The van der Waals surface area contributed by atoms with Gasteiger partial charge in [0.1, 0.15) is 23.3 Å². The Labute approximate surface area is 204 Å². The third-order valence-corrected chi connectivity index (χ3v) is 7.31. The molecule has 4 rings (SSSR count). The van der Waals surface area contributed by atoms with Crippen LogP contribution in [0.2, 0.25) is 10.0 Å². The van der Waals surface area contributed by atoms with E-state index in [9.17, 15) is 9.90 Å². The normalized spacial score (nSPS) is 23.9. The van der Waals surface area contributed by atoms with Crippen molar-refractivity contribution < 1.29 is 19.4 Å². The third kappa shape index (κ3) is 5.75. The summed E-state index contributed by atoms with van der Waals surface area (Å²) in [5.74, 6) is 1.19. The Hall–Kier alpha value is -1.99. The number of halogens is 2. The summed E-state index contributed by atoms with van der Waals surface area (Å²) in [6.45, 7) is 3.37. The zero-order valence-corrected chi connectivity index (χ0v) is 20.2. The van der Waals surface area contributed by atoms with E-state index in [4.69, 9.17) is 32.7 Å². The van der Waals surface area contributed by atoms with Crippen LogP contribution in [0.25, 0.3) is 0 Å². The maximum Gasteiger partial charge on any atom is 0.221 e. The largest absolute Gasteiger partial charge is 0.491 e. The van der Waals surface area contributed by atoms with Gasteiger partial charge in [-0.3, -0.25) is 9.69 Å². The Bertz CT molecular complexity index is 981. The van der Waals surface area contributed by atoms with Crippen LogP contribution in [0, 0.1) is 5.92 Å². The lowest BCUT2D eigenvalue weighted by Crippen LogP contribution is -2.56. The zero-order valence-electron chi connectivity index (χ0n) is 18.7. The molecule has 1 amide bonds. The van der Waals surface area contributed by atoms with Gasteiger partial charge in [-0.15, -0.1) is 0 Å². The number of nitrogens with zero attached hydrogens (tertiary/aromatic N) is 1. The number of likely N-dealkylation sites (tertiary alicyclic amines) is 1. The number of piperidine rings is 1. The van der Waals surface area contributed by atoms with Crippen molar-refractivity contribution >= 4 is 34.8 Å². The summed E-state index contributed by atoms with van der Waals surface area (Å²) in [7, 11) is 0. The summed E-state index contributed by atoms with van der Waals surface area (Å²) in [6.07, 6.45) is 4.30. The highest BCUT2D eigenvalue weighted by Crippen LogP contribution is 2.41. The number of hydrogen-bond donors (Lipinski definition) is 2. The van der Waals surface area contributed by atoms with Crippen molar-refractivity contribution in [3.8, 4) is 11.5 Å². The fourth-order valence-corrected chi connectivity index (χ4v) is 5.14. The van der Waals surface area contributed by atoms with Gasteiger partial charge in [-0.2, -0.15) is 0 Å². The minimum atomic E-state index is -0.891. The van der Waals surface area contributed by atoms with Crippen LogP contribution in [0.5, 0.6) is 11.5 Å². The molecule has 2 N–H and O–H groups in total. The van der Waals surface area contributed by atoms with E-state index in [0.29, 0.717) is 33.8 Å². The topological polar surface area (TPSA) is 71.0 Å². The van der Waals surface area contributed by atoms with Gasteiger partial charge in [0.05, 0.1) is 22.3 Å². The van der Waals surface area contributed by atoms with Crippen LogP contribution < -0.4 is 14.8 Å². The Morgan fingerprint density at radius 3 is 2.64 bits per heavy atom. The molecule has 2 aromatic carbocycles. The first-order chi connectivity index (χ1) is 15.8. The van der Waals surface area contributed by atoms with E-state index >= 15 is 0 Å². The molecule has 1 saturated heterocycles. The second-order valence-electron chi connectivity index (χ2n) is 8.84. The van der Waals surface area contributed by atoms with Crippen molar-refractivity contribution in [2.45, 2.75) is 50.9 Å². The van der Waals surface area contributed by atoms with Crippen molar-refractivity contribution in [2.24, 2.45) is 5.92 Å². The standard InChI is InChI=1S/C25H30Cl2N2O4/c1-17(30)28-23-6-2-3-7-24(23)32-16-18-5-4-12-25(18,31)29-13-10-19(11-14-29)33-20-8-9-21(26)22(27)15-20/h2-3,6-9,15,18-19,31H,4-5,10-14,16H2,1H3,(H,28,30)/t18-,25-/m1/s1. The first-order valence-corrected chi connectivity index (χ1v) is 12.2. The molecule has 2 atom stereocenters. The number of carbonyl (C=O) groups is 1. The van der Waals surface area contributed by atoms with E-state index in [1.807, 2.05) is 30.3 Å². The number of benzene rings is 2. The molecule has 1 aliphatic carbocycles. The number of carbonyl (C=O) groups excluding carboxylic acids is 1. The van der Waals surface area contributed by atoms with Crippen molar-refractivity contribution in [1.82, 2.24) is 4.90 Å². The molecule has 1 heterocycles. The highest BCUT2D eigenvalue weighted by Gasteiger charge is 2.47. The number of ether oxygens (including phenoxy) is 2. The summed E-state index contributed by atoms with van der Waals surface area (Å²) in [5, 5.41) is 15.4. The smallest absolute Gasteiger partial charge is 0.221 e. The predicted molar refractivity (Wildman–Crippen MR) is 130 cm³/mol. The van der Waals surface area contributed by atoms with Gasteiger partial charge >= 0.3 is 0 Å². The minimum absolute atomic E-state index is 0.00424. The number of aliphatic hydroxyl groups is 1. The summed E-state index contributed by atoms with van der Waals surface area (Å²) in [6, 6.07) is 12.7. The molecule has 0 bridgehead atoms. The third-order valence-electron chi connectivity index (χ3n) is 6.57. The first kappa shape index (κ1) is 24.1. The Morgan fingerprint density at radius 2 is 1.91 bits per heavy atom. The SMILES string of the molecule is CC(=O)Nc1ccccc1OC[C@H]1CCC[C@]1(O)N1CCC(Oc2ccc(Cl)c(Cl)c2)CC1. The molecule has 1 saturated carbocycles. The summed E-state index contributed by atoms with van der Waals surface area (Å²) >= 11 is 12.1. The minimum Gasteiger partial charge on any atom is -0.491 e. The van der Waals surface area contributed by atoms with Gasteiger partial charge in [-0.25, -0.2) is 0 Å². The molecule has 6 nitrogen and oxygen atoms in total. The van der Waals surface area contributed by atoms with Crippen LogP contribution in [0.15, 0.2) is 42.5 Å². The number of anilines is 1. The lowest BCUT2D eigenvalue weighted by Gasteiger charge is -2.44. The lowest BCUT2D eigenvalue weighted by atomic mass is 9.95. The van der Waals surface area contributed by atoms with Gasteiger partial charge in [-0.1, -0.05) is 35.3 Å². The van der Waals surface area contributed by atoms with Gasteiger partial charge in [0.15, 0.2) is 0 Å². The van der Waals surface area contributed by atoms with Gasteiger partial charge in [0.2, 0.25) is 5.91 Å². The summed E-state index contributed by atoms with van der Waals surface area (Å²) in [5.41, 5.74) is -0.246. The highest BCUT2D eigenvalue weighted by molar-refractivity contribution is 6.42. The maximum atomic E-state index is 11.6. The summed E-state index contributed by atoms with van der Waals surface area (Å²) in [4.78, 5) is 13.7. The Balaban J connectivity index is 1.34. The Kier molecular flexibility index (Phi) is 7.69. The molecular weight excluding hydrogens is 463 g/mol. The van der Waals surface area contributed by atoms with Crippen molar-refractivity contribution in [2.75, 3.05) is 25.0 Å². The number of hydrogen-bond acceptors (Lipinski definition) is 5. The number of amides is 1. The molecule has 178 valence electrons. The molecule has 0 spiro atoms. The fourth-order valence-electron chi connectivity index (χ4n) is 4.86. The van der Waals surface area contributed by atoms with Gasteiger partial charge in [0.25, 0.3) is 0 Å². The first-order valence-electron chi connectivity index (χ1n) is 11.4. The molecule has 2 aliphatic rings. The molecule has 1 aliphatic heterocycles. The van der Waals surface area contributed by atoms with Crippen LogP contribution >= 0.6 is 23.2 Å². The highest BCUT2D eigenvalue weighted by atomic mass is 35.5. The van der Waals surface area contributed by atoms with Crippen LogP contribution in [-0.2, 0) is 4.79 Å². The molecule has 0 radical (unpaired) electrons. The van der Waals surface area contributed by atoms with E-state index in [0.717, 1.165) is 45.2 Å². The number of para-hydroxylation sites is 2. The van der Waals surface area contributed by atoms with Crippen LogP contribution in [0.3, 0.4) is 0 Å². The number of rotatable bonds is 7. The molecule has 0 aromatic heterocycles. The van der Waals surface area contributed by atoms with E-state index in [-0.39, 0.29) is 17.9 Å². The second kappa shape index (κ2) is 10.5. The lowest BCUT2D eigenvalue weighted by molar-refractivity contribution is -0.154. The van der Waals surface area contributed by atoms with Crippen molar-refractivity contribution in [1.29, 1.82) is 0 Å². The van der Waals surface area contributed by atoms with Crippen molar-refractivity contribution in [3.05, 3.63) is 52.5 Å². The van der Waals surface area contributed by atoms with Crippen LogP contribution in [0.1, 0.15) is 39.0 Å². The number of nitrogens with one attached hydrogen (secondary N) is 1. The van der Waals surface area contributed by atoms with E-state index in [1.54, 1.807) is 12.1 Å². The molecular formula is C25H30Cl2N2O4. The second-order valence-corrected chi connectivity index (χ2v) is 9.65. The van der Waals surface area contributed by atoms with Crippen LogP contribution in [-0.4, -0.2) is 47.4 Å². The molecule has 0 unspecified atom stereocenters. The van der Waals surface area contributed by atoms with E-state index in [2.05, 4.69) is 10.2 Å². The summed E-state index contributed by atoms with van der Waals surface area (Å²) < 4.78 is 12.2. The quantitative estimate of drug-likeness (QED) is 0.543. The maximum absolute atomic E-state index is 11.6. The van der Waals surface area contributed by atoms with E-state index < -0.39 is 5.72 Å².